The van der Waals surface area contributed by atoms with E-state index in [4.69, 9.17) is 10.2 Å². The highest BCUT2D eigenvalue weighted by Crippen LogP contribution is 2.13. The van der Waals surface area contributed by atoms with Crippen molar-refractivity contribution < 1.29 is 9.34 Å². The van der Waals surface area contributed by atoms with Crippen molar-refractivity contribution in [2.45, 2.75) is 0 Å². The summed E-state index contributed by atoms with van der Waals surface area (Å²) >= 11 is 0. The molecular formula is C11H9N5O3. The van der Waals surface area contributed by atoms with Gasteiger partial charge in [0.05, 0.1) is 12.3 Å². The first-order chi connectivity index (χ1) is 9.16. The maximum atomic E-state index is 10.4. The van der Waals surface area contributed by atoms with E-state index in [1.807, 2.05) is 0 Å². The molecule has 0 aliphatic rings. The van der Waals surface area contributed by atoms with E-state index in [0.29, 0.717) is 5.69 Å². The first-order valence-corrected chi connectivity index (χ1v) is 5.19. The van der Waals surface area contributed by atoms with Gasteiger partial charge in [-0.05, 0) is 18.2 Å². The van der Waals surface area contributed by atoms with Gasteiger partial charge in [-0.15, -0.1) is 5.10 Å². The van der Waals surface area contributed by atoms with Crippen molar-refractivity contribution in [3.8, 4) is 0 Å². The fourth-order valence-corrected chi connectivity index (χ4v) is 1.22. The quantitative estimate of drug-likeness (QED) is 0.384. The van der Waals surface area contributed by atoms with Crippen molar-refractivity contribution in [2.75, 3.05) is 0 Å². The van der Waals surface area contributed by atoms with E-state index in [2.05, 4.69) is 15.2 Å². The van der Waals surface area contributed by atoms with Crippen LogP contribution in [0, 0.1) is 10.1 Å². The molecule has 0 radical (unpaired) electrons. The van der Waals surface area contributed by atoms with Crippen molar-refractivity contribution >= 4 is 17.9 Å². The summed E-state index contributed by atoms with van der Waals surface area (Å²) in [7, 11) is 0. The Labute approximate surface area is 107 Å². The number of aromatic nitrogens is 1. The van der Waals surface area contributed by atoms with Crippen LogP contribution < -0.4 is 5.73 Å². The molecule has 2 rings (SSSR count). The predicted molar refractivity (Wildman–Crippen MR) is 67.9 cm³/mol. The molecule has 2 aromatic heterocycles. The van der Waals surface area contributed by atoms with Crippen LogP contribution >= 0.6 is 0 Å². The number of furan rings is 1. The van der Waals surface area contributed by atoms with Crippen LogP contribution in [0.2, 0.25) is 0 Å². The second-order valence-corrected chi connectivity index (χ2v) is 3.38. The van der Waals surface area contributed by atoms with Gasteiger partial charge in [0.1, 0.15) is 10.6 Å². The molecule has 0 aliphatic carbocycles. The molecule has 0 saturated heterocycles. The Kier molecular flexibility index (Phi) is 3.62. The molecule has 96 valence electrons. The van der Waals surface area contributed by atoms with Crippen LogP contribution in [-0.4, -0.2) is 22.0 Å². The summed E-state index contributed by atoms with van der Waals surface area (Å²) < 4.78 is 4.86. The number of nitro groups is 1. The number of amidine groups is 1. The van der Waals surface area contributed by atoms with Gasteiger partial charge in [0.25, 0.3) is 0 Å². The topological polar surface area (TPSA) is 120 Å². The van der Waals surface area contributed by atoms with Crippen molar-refractivity contribution in [3.63, 3.8) is 0 Å². The van der Waals surface area contributed by atoms with Gasteiger partial charge in [-0.25, -0.2) is 0 Å². The minimum atomic E-state index is -0.636. The number of nitrogens with zero attached hydrogens (tertiary/aromatic N) is 4. The van der Waals surface area contributed by atoms with Crippen molar-refractivity contribution in [3.05, 3.63) is 58.1 Å². The Morgan fingerprint density at radius 1 is 1.42 bits per heavy atom. The molecule has 0 aromatic carbocycles. The standard InChI is InChI=1S/C11H9N5O3/c12-11(9-3-1-2-6-13-9)15-14-7-8-4-5-10(19-8)16(17)18/h1-7H,(H2,12,15). The average molecular weight is 259 g/mol. The van der Waals surface area contributed by atoms with Crippen LogP contribution in [-0.2, 0) is 0 Å². The van der Waals surface area contributed by atoms with E-state index in [0.717, 1.165) is 0 Å². The molecule has 2 aromatic rings. The minimum absolute atomic E-state index is 0.137. The monoisotopic (exact) mass is 259 g/mol. The third-order valence-corrected chi connectivity index (χ3v) is 2.07. The molecule has 0 atom stereocenters. The van der Waals surface area contributed by atoms with Crippen molar-refractivity contribution in [2.24, 2.45) is 15.9 Å². The fourth-order valence-electron chi connectivity index (χ4n) is 1.22. The maximum Gasteiger partial charge on any atom is 0.433 e. The van der Waals surface area contributed by atoms with E-state index in [1.165, 1.54) is 18.3 Å². The smallest absolute Gasteiger partial charge is 0.400 e. The van der Waals surface area contributed by atoms with E-state index in [1.54, 1.807) is 24.4 Å². The molecule has 2 N–H and O–H groups in total. The van der Waals surface area contributed by atoms with E-state index in [-0.39, 0.29) is 17.5 Å². The average Bonchev–Trinajstić information content (AvgIpc) is 2.89. The third kappa shape index (κ3) is 3.22. The third-order valence-electron chi connectivity index (χ3n) is 2.07. The first kappa shape index (κ1) is 12.4. The van der Waals surface area contributed by atoms with Gasteiger partial charge >= 0.3 is 5.88 Å². The van der Waals surface area contributed by atoms with Gasteiger partial charge in [-0.1, -0.05) is 6.07 Å². The molecule has 0 amide bonds. The molecule has 0 fully saturated rings. The van der Waals surface area contributed by atoms with Gasteiger partial charge in [0, 0.05) is 6.20 Å². The van der Waals surface area contributed by atoms with Crippen molar-refractivity contribution in [1.29, 1.82) is 0 Å². The summed E-state index contributed by atoms with van der Waals surface area (Å²) in [5.74, 6) is -0.00898. The molecule has 0 saturated carbocycles. The Morgan fingerprint density at radius 2 is 2.26 bits per heavy atom. The Hall–Kier alpha value is -3.03. The molecule has 0 aliphatic heterocycles. The van der Waals surface area contributed by atoms with Crippen molar-refractivity contribution in [1.82, 2.24) is 4.98 Å². The molecule has 0 unspecified atom stereocenters. The summed E-state index contributed by atoms with van der Waals surface area (Å²) in [6.45, 7) is 0. The number of nitrogens with two attached hydrogens (primary N) is 1. The lowest BCUT2D eigenvalue weighted by molar-refractivity contribution is -0.402. The zero-order valence-electron chi connectivity index (χ0n) is 9.63. The fraction of sp³-hybridized carbons (Fsp3) is 0. The SMILES string of the molecule is NC(=NN=Cc1ccc([N+](=O)[O-])o1)c1ccccn1. The van der Waals surface area contributed by atoms with Crippen LogP contribution in [0.25, 0.3) is 0 Å². The van der Waals surface area contributed by atoms with Gasteiger partial charge in [0.15, 0.2) is 11.6 Å². The minimum Gasteiger partial charge on any atom is -0.400 e. The summed E-state index contributed by atoms with van der Waals surface area (Å²) in [4.78, 5) is 13.7. The molecular weight excluding hydrogens is 250 g/mol. The summed E-state index contributed by atoms with van der Waals surface area (Å²) in [6.07, 6.45) is 2.81. The maximum absolute atomic E-state index is 10.4. The van der Waals surface area contributed by atoms with Crippen LogP contribution in [0.4, 0.5) is 5.88 Å². The Morgan fingerprint density at radius 3 is 2.89 bits per heavy atom. The highest BCUT2D eigenvalue weighted by atomic mass is 16.6. The van der Waals surface area contributed by atoms with Crippen LogP contribution in [0.15, 0.2) is 51.1 Å². The van der Waals surface area contributed by atoms with Crippen LogP contribution in [0.3, 0.4) is 0 Å². The molecule has 2 heterocycles. The molecule has 0 bridgehead atoms. The normalized spacial score (nSPS) is 11.9. The van der Waals surface area contributed by atoms with Gasteiger partial charge in [-0.3, -0.25) is 15.1 Å². The number of hydrogen-bond donors (Lipinski definition) is 1. The summed E-state index contributed by atoms with van der Waals surface area (Å²) in [6, 6.07) is 7.85. The highest BCUT2D eigenvalue weighted by Gasteiger charge is 2.10. The van der Waals surface area contributed by atoms with E-state index < -0.39 is 4.92 Å². The summed E-state index contributed by atoms with van der Waals surface area (Å²) in [5, 5.41) is 17.8. The second-order valence-electron chi connectivity index (χ2n) is 3.38. The summed E-state index contributed by atoms with van der Waals surface area (Å²) in [5.41, 5.74) is 6.14. The molecule has 19 heavy (non-hydrogen) atoms. The first-order valence-electron chi connectivity index (χ1n) is 5.19. The van der Waals surface area contributed by atoms with Gasteiger partial charge in [0.2, 0.25) is 0 Å². The highest BCUT2D eigenvalue weighted by molar-refractivity contribution is 5.95. The molecule has 8 nitrogen and oxygen atoms in total. The number of rotatable bonds is 4. The predicted octanol–water partition coefficient (Wildman–Crippen LogP) is 1.32. The van der Waals surface area contributed by atoms with E-state index in [9.17, 15) is 10.1 Å². The lowest BCUT2D eigenvalue weighted by Gasteiger charge is -1.94. The van der Waals surface area contributed by atoms with Gasteiger partial charge < -0.3 is 10.2 Å². The zero-order chi connectivity index (χ0) is 13.7. The lowest BCUT2D eigenvalue weighted by atomic mass is 10.3. The molecule has 0 spiro atoms. The Bertz CT molecular complexity index is 633. The number of hydrogen-bond acceptors (Lipinski definition) is 6. The van der Waals surface area contributed by atoms with Crippen LogP contribution in [0.1, 0.15) is 11.5 Å². The largest absolute Gasteiger partial charge is 0.433 e. The van der Waals surface area contributed by atoms with E-state index >= 15 is 0 Å². The van der Waals surface area contributed by atoms with Gasteiger partial charge in [-0.2, -0.15) is 5.10 Å². The second kappa shape index (κ2) is 5.54. The Balaban J connectivity index is 2.08. The molecule has 8 heteroatoms. The lowest BCUT2D eigenvalue weighted by Crippen LogP contribution is -2.14. The number of pyridine rings is 1. The zero-order valence-corrected chi connectivity index (χ0v) is 9.63. The van der Waals surface area contributed by atoms with Crippen LogP contribution in [0.5, 0.6) is 0 Å².